The zero-order valence-electron chi connectivity index (χ0n) is 12.0. The molecule has 0 radical (unpaired) electrons. The highest BCUT2D eigenvalue weighted by Gasteiger charge is 2.25. The SMILES string of the molecule is CCCCCC(CN)N(C)C1CCCN(C)C1. The van der Waals surface area contributed by atoms with E-state index in [1.54, 1.807) is 0 Å². The molecule has 1 fully saturated rings. The summed E-state index contributed by atoms with van der Waals surface area (Å²) in [5.41, 5.74) is 5.94. The van der Waals surface area contributed by atoms with Crippen molar-refractivity contribution in [3.8, 4) is 0 Å². The van der Waals surface area contributed by atoms with Gasteiger partial charge in [-0.2, -0.15) is 0 Å². The first-order valence-corrected chi connectivity index (χ1v) is 7.29. The summed E-state index contributed by atoms with van der Waals surface area (Å²) >= 11 is 0. The van der Waals surface area contributed by atoms with Gasteiger partial charge in [-0.3, -0.25) is 4.90 Å². The molecule has 0 bridgehead atoms. The summed E-state index contributed by atoms with van der Waals surface area (Å²) in [5.74, 6) is 0. The third-order valence-corrected chi connectivity index (χ3v) is 4.16. The van der Waals surface area contributed by atoms with Crippen molar-refractivity contribution in [2.75, 3.05) is 33.7 Å². The summed E-state index contributed by atoms with van der Waals surface area (Å²) in [6, 6.07) is 1.29. The molecule has 3 nitrogen and oxygen atoms in total. The predicted molar refractivity (Wildman–Crippen MR) is 75.3 cm³/mol. The van der Waals surface area contributed by atoms with Crippen molar-refractivity contribution in [1.82, 2.24) is 9.80 Å². The molecule has 1 aliphatic heterocycles. The standard InChI is InChI=1S/C14H31N3/c1-4-5-6-8-13(11-15)17(3)14-9-7-10-16(2)12-14/h13-14H,4-12,15H2,1-3H3. The molecule has 2 unspecified atom stereocenters. The third-order valence-electron chi connectivity index (χ3n) is 4.16. The number of hydrogen-bond acceptors (Lipinski definition) is 3. The number of rotatable bonds is 7. The van der Waals surface area contributed by atoms with Crippen molar-refractivity contribution in [3.05, 3.63) is 0 Å². The van der Waals surface area contributed by atoms with Crippen LogP contribution in [-0.2, 0) is 0 Å². The van der Waals surface area contributed by atoms with Gasteiger partial charge in [-0.15, -0.1) is 0 Å². The lowest BCUT2D eigenvalue weighted by Crippen LogP contribution is -2.50. The lowest BCUT2D eigenvalue weighted by atomic mass is 10.0. The maximum Gasteiger partial charge on any atom is 0.0223 e. The Morgan fingerprint density at radius 1 is 1.41 bits per heavy atom. The smallest absolute Gasteiger partial charge is 0.0223 e. The fourth-order valence-electron chi connectivity index (χ4n) is 2.89. The Morgan fingerprint density at radius 2 is 2.18 bits per heavy atom. The third kappa shape index (κ3) is 4.94. The zero-order chi connectivity index (χ0) is 12.7. The minimum absolute atomic E-state index is 0.582. The number of hydrogen-bond donors (Lipinski definition) is 1. The van der Waals surface area contributed by atoms with Crippen LogP contribution in [0.4, 0.5) is 0 Å². The molecule has 0 aromatic carbocycles. The molecule has 1 saturated heterocycles. The Hall–Kier alpha value is -0.120. The number of likely N-dealkylation sites (tertiary alicyclic amines) is 1. The molecule has 0 aromatic rings. The number of unbranched alkanes of at least 4 members (excludes halogenated alkanes) is 2. The lowest BCUT2D eigenvalue weighted by molar-refractivity contribution is 0.0963. The Labute approximate surface area is 107 Å². The lowest BCUT2D eigenvalue weighted by Gasteiger charge is -2.39. The van der Waals surface area contributed by atoms with Crippen molar-refractivity contribution >= 4 is 0 Å². The molecular formula is C14H31N3. The van der Waals surface area contributed by atoms with Gasteiger partial charge in [0.1, 0.15) is 0 Å². The van der Waals surface area contributed by atoms with Crippen LogP contribution in [0.2, 0.25) is 0 Å². The summed E-state index contributed by atoms with van der Waals surface area (Å²) in [5, 5.41) is 0. The molecule has 17 heavy (non-hydrogen) atoms. The highest BCUT2D eigenvalue weighted by molar-refractivity contribution is 4.82. The summed E-state index contributed by atoms with van der Waals surface area (Å²) in [6.07, 6.45) is 7.90. The summed E-state index contributed by atoms with van der Waals surface area (Å²) in [4.78, 5) is 5.00. The average Bonchev–Trinajstić information content (AvgIpc) is 2.34. The fourth-order valence-corrected chi connectivity index (χ4v) is 2.89. The molecule has 0 aliphatic carbocycles. The number of nitrogens with zero attached hydrogens (tertiary/aromatic N) is 2. The average molecular weight is 241 g/mol. The van der Waals surface area contributed by atoms with Gasteiger partial charge < -0.3 is 10.6 Å². The van der Waals surface area contributed by atoms with E-state index in [0.29, 0.717) is 12.1 Å². The summed E-state index contributed by atoms with van der Waals surface area (Å²) in [7, 11) is 4.50. The maximum atomic E-state index is 5.94. The van der Waals surface area contributed by atoms with E-state index in [1.165, 1.54) is 51.6 Å². The largest absolute Gasteiger partial charge is 0.329 e. The van der Waals surface area contributed by atoms with Gasteiger partial charge in [0.05, 0.1) is 0 Å². The van der Waals surface area contributed by atoms with Crippen LogP contribution in [0.3, 0.4) is 0 Å². The topological polar surface area (TPSA) is 32.5 Å². The molecule has 1 aliphatic rings. The van der Waals surface area contributed by atoms with Crippen LogP contribution >= 0.6 is 0 Å². The van der Waals surface area contributed by atoms with Crippen LogP contribution in [0.15, 0.2) is 0 Å². The van der Waals surface area contributed by atoms with Crippen molar-refractivity contribution in [3.63, 3.8) is 0 Å². The Bertz CT molecular complexity index is 196. The van der Waals surface area contributed by atoms with Crippen LogP contribution in [0, 0.1) is 0 Å². The molecule has 0 aromatic heterocycles. The second-order valence-electron chi connectivity index (χ2n) is 5.61. The highest BCUT2D eigenvalue weighted by atomic mass is 15.2. The van der Waals surface area contributed by atoms with E-state index in [2.05, 4.69) is 30.8 Å². The molecular weight excluding hydrogens is 210 g/mol. The molecule has 0 amide bonds. The van der Waals surface area contributed by atoms with Crippen molar-refractivity contribution in [2.24, 2.45) is 5.73 Å². The molecule has 2 N–H and O–H groups in total. The Kier molecular flexibility index (Phi) is 7.09. The minimum Gasteiger partial charge on any atom is -0.329 e. The molecule has 1 rings (SSSR count). The van der Waals surface area contributed by atoms with Crippen molar-refractivity contribution in [2.45, 2.75) is 57.5 Å². The Balaban J connectivity index is 2.38. The first-order valence-electron chi connectivity index (χ1n) is 7.29. The van der Waals surface area contributed by atoms with Gasteiger partial charge in [-0.05, 0) is 39.9 Å². The fraction of sp³-hybridized carbons (Fsp3) is 1.00. The van der Waals surface area contributed by atoms with E-state index in [-0.39, 0.29) is 0 Å². The second-order valence-corrected chi connectivity index (χ2v) is 5.61. The molecule has 0 saturated carbocycles. The van der Waals surface area contributed by atoms with Gasteiger partial charge in [-0.25, -0.2) is 0 Å². The second kappa shape index (κ2) is 8.06. The first-order chi connectivity index (χ1) is 8.19. The van der Waals surface area contributed by atoms with E-state index < -0.39 is 0 Å². The molecule has 2 atom stereocenters. The monoisotopic (exact) mass is 241 g/mol. The van der Waals surface area contributed by atoms with Crippen LogP contribution in [-0.4, -0.2) is 55.6 Å². The first kappa shape index (κ1) is 14.9. The van der Waals surface area contributed by atoms with E-state index in [9.17, 15) is 0 Å². The Morgan fingerprint density at radius 3 is 2.76 bits per heavy atom. The summed E-state index contributed by atoms with van der Waals surface area (Å²) < 4.78 is 0. The summed E-state index contributed by atoms with van der Waals surface area (Å²) in [6.45, 7) is 5.53. The van der Waals surface area contributed by atoms with Gasteiger partial charge in [0.15, 0.2) is 0 Å². The molecule has 3 heteroatoms. The van der Waals surface area contributed by atoms with Crippen LogP contribution in [0.25, 0.3) is 0 Å². The minimum atomic E-state index is 0.582. The van der Waals surface area contributed by atoms with Gasteiger partial charge in [0.25, 0.3) is 0 Å². The van der Waals surface area contributed by atoms with Crippen molar-refractivity contribution < 1.29 is 0 Å². The molecule has 1 heterocycles. The van der Waals surface area contributed by atoms with Gasteiger partial charge in [0, 0.05) is 25.2 Å². The van der Waals surface area contributed by atoms with E-state index in [1.807, 2.05) is 0 Å². The number of piperidine rings is 1. The van der Waals surface area contributed by atoms with Crippen molar-refractivity contribution in [1.29, 1.82) is 0 Å². The highest BCUT2D eigenvalue weighted by Crippen LogP contribution is 2.18. The zero-order valence-corrected chi connectivity index (χ0v) is 12.0. The van der Waals surface area contributed by atoms with E-state index in [4.69, 9.17) is 5.73 Å². The van der Waals surface area contributed by atoms with Crippen LogP contribution in [0.5, 0.6) is 0 Å². The molecule has 0 spiro atoms. The van der Waals surface area contributed by atoms with Gasteiger partial charge in [0.2, 0.25) is 0 Å². The quantitative estimate of drug-likeness (QED) is 0.691. The van der Waals surface area contributed by atoms with Crippen LogP contribution < -0.4 is 5.73 Å². The normalized spacial score (nSPS) is 24.2. The predicted octanol–water partition coefficient (Wildman–Crippen LogP) is 1.92. The van der Waals surface area contributed by atoms with Gasteiger partial charge in [-0.1, -0.05) is 26.2 Å². The number of nitrogens with two attached hydrogens (primary N) is 1. The maximum absolute atomic E-state index is 5.94. The van der Waals surface area contributed by atoms with E-state index in [0.717, 1.165) is 6.54 Å². The number of likely N-dealkylation sites (N-methyl/N-ethyl adjacent to an activating group) is 2. The molecule has 102 valence electrons. The van der Waals surface area contributed by atoms with Gasteiger partial charge >= 0.3 is 0 Å². The van der Waals surface area contributed by atoms with E-state index >= 15 is 0 Å². The van der Waals surface area contributed by atoms with Crippen LogP contribution in [0.1, 0.15) is 45.4 Å².